The van der Waals surface area contributed by atoms with Crippen LogP contribution in [-0.2, 0) is 14.3 Å². The third-order valence-electron chi connectivity index (χ3n) is 14.2. The van der Waals surface area contributed by atoms with E-state index >= 15 is 0 Å². The summed E-state index contributed by atoms with van der Waals surface area (Å²) in [7, 11) is 0. The minimum Gasteiger partial charge on any atom is -0.466 e. The van der Waals surface area contributed by atoms with E-state index in [1.54, 1.807) is 0 Å². The predicted molar refractivity (Wildman–Crippen MR) is 296 cm³/mol. The molecule has 0 fully saturated rings. The van der Waals surface area contributed by atoms with Gasteiger partial charge in [0, 0.05) is 12.8 Å². The third kappa shape index (κ3) is 53.7. The fourth-order valence-corrected chi connectivity index (χ4v) is 9.51. The molecule has 0 radical (unpaired) electrons. The van der Waals surface area contributed by atoms with Crippen molar-refractivity contribution in [2.75, 3.05) is 13.2 Å². The molecule has 0 saturated carbocycles. The summed E-state index contributed by atoms with van der Waals surface area (Å²) in [5.41, 5.74) is 0. The Labute approximate surface area is 424 Å². The van der Waals surface area contributed by atoms with Gasteiger partial charge < -0.3 is 20.3 Å². The maximum absolute atomic E-state index is 12.5. The molecule has 0 aromatic heterocycles. The Morgan fingerprint density at radius 2 is 0.691 bits per heavy atom. The quantitative estimate of drug-likeness (QED) is 0.0321. The molecule has 0 aromatic carbocycles. The number of nitrogens with one attached hydrogen (secondary N) is 1. The van der Waals surface area contributed by atoms with Gasteiger partial charge in [-0.05, 0) is 77.0 Å². The van der Waals surface area contributed by atoms with E-state index in [0.29, 0.717) is 25.9 Å². The molecule has 0 aromatic rings. The lowest BCUT2D eigenvalue weighted by Gasteiger charge is -2.22. The molecule has 68 heavy (non-hydrogen) atoms. The smallest absolute Gasteiger partial charge is 0.305 e. The second-order valence-corrected chi connectivity index (χ2v) is 21.0. The second kappa shape index (κ2) is 57.9. The second-order valence-electron chi connectivity index (χ2n) is 21.0. The van der Waals surface area contributed by atoms with Gasteiger partial charge >= 0.3 is 5.97 Å². The fourth-order valence-electron chi connectivity index (χ4n) is 9.51. The first-order chi connectivity index (χ1) is 33.5. The van der Waals surface area contributed by atoms with Crippen LogP contribution in [0.3, 0.4) is 0 Å². The van der Waals surface area contributed by atoms with Gasteiger partial charge in [0.05, 0.1) is 25.4 Å². The summed E-state index contributed by atoms with van der Waals surface area (Å²) < 4.78 is 5.45. The highest BCUT2D eigenvalue weighted by molar-refractivity contribution is 5.76. The lowest BCUT2D eigenvalue weighted by atomic mass is 10.0. The Bertz CT molecular complexity index is 1060. The molecule has 1 amide bonds. The van der Waals surface area contributed by atoms with Crippen LogP contribution in [-0.4, -0.2) is 47.4 Å². The average Bonchev–Trinajstić information content (AvgIpc) is 3.34. The van der Waals surface area contributed by atoms with Crippen molar-refractivity contribution in [2.45, 2.75) is 347 Å². The van der Waals surface area contributed by atoms with Gasteiger partial charge in [-0.3, -0.25) is 9.59 Å². The molecule has 6 heteroatoms. The van der Waals surface area contributed by atoms with Crippen molar-refractivity contribution in [2.24, 2.45) is 0 Å². The Balaban J connectivity index is 3.46. The van der Waals surface area contributed by atoms with Crippen molar-refractivity contribution < 1.29 is 24.5 Å². The van der Waals surface area contributed by atoms with E-state index in [9.17, 15) is 19.8 Å². The first-order valence-electron chi connectivity index (χ1n) is 30.6. The molecule has 0 rings (SSSR count). The molecular formula is C62H119NO5. The van der Waals surface area contributed by atoms with Gasteiger partial charge in [0.25, 0.3) is 0 Å². The molecule has 0 aliphatic heterocycles. The number of hydrogen-bond donors (Lipinski definition) is 3. The number of esters is 1. The maximum Gasteiger partial charge on any atom is 0.305 e. The first kappa shape index (κ1) is 66.3. The van der Waals surface area contributed by atoms with Crippen LogP contribution in [0, 0.1) is 0 Å². The molecule has 6 nitrogen and oxygen atoms in total. The van der Waals surface area contributed by atoms with Crippen LogP contribution in [0.5, 0.6) is 0 Å². The standard InChI is InChI=1S/C62H119NO5/c1-3-5-7-9-11-13-15-17-18-19-20-21-22-23-24-25-28-31-34-38-42-46-50-54-60(65)59(58-64)63-61(66)55-51-47-43-39-35-32-29-26-27-30-33-37-41-45-49-53-57-68-62(67)56-52-48-44-40-36-16-14-12-10-8-6-4-2/h12,14,26,29,59-60,64-65H,3-11,13,15-25,27-28,30-58H2,1-2H3,(H,63,66)/b14-12-,29-26-. The number of aliphatic hydroxyl groups excluding tert-OH is 2. The number of rotatable bonds is 57. The molecule has 0 aliphatic carbocycles. The fraction of sp³-hybridized carbons (Fsp3) is 0.903. The zero-order valence-electron chi connectivity index (χ0n) is 45.9. The largest absolute Gasteiger partial charge is 0.466 e. The number of unbranched alkanes of at least 4 members (excludes halogenated alkanes) is 42. The summed E-state index contributed by atoms with van der Waals surface area (Å²) in [6, 6.07) is -0.555. The number of ether oxygens (including phenoxy) is 1. The van der Waals surface area contributed by atoms with Crippen LogP contribution in [0.2, 0.25) is 0 Å². The van der Waals surface area contributed by atoms with E-state index in [1.807, 2.05) is 0 Å². The molecule has 2 unspecified atom stereocenters. The van der Waals surface area contributed by atoms with E-state index in [-0.39, 0.29) is 18.5 Å². The molecule has 2 atom stereocenters. The minimum absolute atomic E-state index is 0.0123. The van der Waals surface area contributed by atoms with Crippen molar-refractivity contribution >= 4 is 11.9 Å². The summed E-state index contributed by atoms with van der Waals surface area (Å²) in [5, 5.41) is 23.4. The number of allylic oxidation sites excluding steroid dienone is 4. The number of carbonyl (C=O) groups excluding carboxylic acids is 2. The third-order valence-corrected chi connectivity index (χ3v) is 14.2. The molecule has 0 heterocycles. The van der Waals surface area contributed by atoms with Crippen LogP contribution < -0.4 is 5.32 Å². The highest BCUT2D eigenvalue weighted by Crippen LogP contribution is 2.18. The molecule has 3 N–H and O–H groups in total. The van der Waals surface area contributed by atoms with Crippen LogP contribution in [0.25, 0.3) is 0 Å². The Morgan fingerprint density at radius 1 is 0.397 bits per heavy atom. The van der Waals surface area contributed by atoms with Gasteiger partial charge in [0.1, 0.15) is 0 Å². The number of carbonyl (C=O) groups is 2. The lowest BCUT2D eigenvalue weighted by molar-refractivity contribution is -0.143. The Kier molecular flexibility index (Phi) is 56.5. The summed E-state index contributed by atoms with van der Waals surface area (Å²) in [6.07, 6.45) is 70.4. The zero-order valence-corrected chi connectivity index (χ0v) is 45.9. The van der Waals surface area contributed by atoms with Crippen LogP contribution in [0.15, 0.2) is 24.3 Å². The Hall–Kier alpha value is -1.66. The van der Waals surface area contributed by atoms with E-state index in [1.165, 1.54) is 238 Å². The zero-order chi connectivity index (χ0) is 49.3. The van der Waals surface area contributed by atoms with Crippen molar-refractivity contribution in [3.05, 3.63) is 24.3 Å². The van der Waals surface area contributed by atoms with Crippen LogP contribution in [0.1, 0.15) is 335 Å². The van der Waals surface area contributed by atoms with Gasteiger partial charge in [-0.2, -0.15) is 0 Å². The van der Waals surface area contributed by atoms with Gasteiger partial charge in [0.15, 0.2) is 0 Å². The van der Waals surface area contributed by atoms with Crippen molar-refractivity contribution in [3.63, 3.8) is 0 Å². The number of amides is 1. The van der Waals surface area contributed by atoms with Crippen LogP contribution >= 0.6 is 0 Å². The van der Waals surface area contributed by atoms with Crippen molar-refractivity contribution in [1.82, 2.24) is 5.32 Å². The highest BCUT2D eigenvalue weighted by atomic mass is 16.5. The minimum atomic E-state index is -0.676. The van der Waals surface area contributed by atoms with Crippen molar-refractivity contribution in [3.8, 4) is 0 Å². The molecular weight excluding hydrogens is 839 g/mol. The highest BCUT2D eigenvalue weighted by Gasteiger charge is 2.20. The summed E-state index contributed by atoms with van der Waals surface area (Å²) >= 11 is 0. The van der Waals surface area contributed by atoms with E-state index in [0.717, 1.165) is 64.2 Å². The molecule has 0 bridgehead atoms. The summed E-state index contributed by atoms with van der Waals surface area (Å²) in [6.45, 7) is 4.92. The number of aliphatic hydroxyl groups is 2. The molecule has 0 aliphatic rings. The predicted octanol–water partition coefficient (Wildman–Crippen LogP) is 19.0. The van der Waals surface area contributed by atoms with Gasteiger partial charge in [0.2, 0.25) is 5.91 Å². The summed E-state index contributed by atoms with van der Waals surface area (Å²) in [4.78, 5) is 24.5. The topological polar surface area (TPSA) is 95.9 Å². The molecule has 0 spiro atoms. The van der Waals surface area contributed by atoms with Crippen molar-refractivity contribution in [1.29, 1.82) is 0 Å². The SMILES string of the molecule is CCCCC/C=C\CCCCCCCC(=O)OCCCCCCCCC/C=C\CCCCCCCC(=O)NC(CO)C(O)CCCCCCCCCCCCCCCCCCCCCCCCC. The lowest BCUT2D eigenvalue weighted by Crippen LogP contribution is -2.45. The van der Waals surface area contributed by atoms with Crippen LogP contribution in [0.4, 0.5) is 0 Å². The number of hydrogen-bond acceptors (Lipinski definition) is 5. The molecule has 402 valence electrons. The summed E-state index contributed by atoms with van der Waals surface area (Å²) in [5.74, 6) is -0.0613. The maximum atomic E-state index is 12.5. The van der Waals surface area contributed by atoms with Gasteiger partial charge in [-0.25, -0.2) is 0 Å². The normalized spacial score (nSPS) is 12.7. The molecule has 0 saturated heterocycles. The van der Waals surface area contributed by atoms with E-state index in [2.05, 4.69) is 43.5 Å². The van der Waals surface area contributed by atoms with E-state index < -0.39 is 12.1 Å². The van der Waals surface area contributed by atoms with Gasteiger partial charge in [-0.1, -0.05) is 269 Å². The monoisotopic (exact) mass is 958 g/mol. The Morgan fingerprint density at radius 3 is 1.07 bits per heavy atom. The van der Waals surface area contributed by atoms with Gasteiger partial charge in [-0.15, -0.1) is 0 Å². The van der Waals surface area contributed by atoms with E-state index in [4.69, 9.17) is 4.74 Å². The first-order valence-corrected chi connectivity index (χ1v) is 30.6. The average molecular weight is 959 g/mol.